The lowest BCUT2D eigenvalue weighted by molar-refractivity contribution is -0.693. The van der Waals surface area contributed by atoms with Gasteiger partial charge in [0, 0.05) is 5.92 Å². The lowest BCUT2D eigenvalue weighted by Crippen LogP contribution is -2.91. The second kappa shape index (κ2) is 6.41. The van der Waals surface area contributed by atoms with Crippen molar-refractivity contribution in [2.75, 3.05) is 27.4 Å². The van der Waals surface area contributed by atoms with E-state index in [0.717, 1.165) is 5.56 Å². The fourth-order valence-electron chi connectivity index (χ4n) is 4.39. The standard InChI is InChI=1S/C19H22N4O4/c1-5-26-19(27-6-2)18(11-21)15(17(18,10-20)16(22)23-19)12-7-8-13(24-3)14(9-12)25-4/h7-9,15H,5-6H2,1-4H3,(H2,22,23)/p+1/t15-,17-,18-/m1/s1. The number of hydrogen-bond donors (Lipinski definition) is 2. The van der Waals surface area contributed by atoms with Crippen LogP contribution in [-0.2, 0) is 9.47 Å². The summed E-state index contributed by atoms with van der Waals surface area (Å²) >= 11 is 0. The Hall–Kier alpha value is -2.81. The maximum absolute atomic E-state index is 10.2. The molecular formula is C19H23N4O4+. The van der Waals surface area contributed by atoms with Crippen molar-refractivity contribution in [2.24, 2.45) is 16.6 Å². The highest BCUT2D eigenvalue weighted by molar-refractivity contribution is 5.95. The minimum atomic E-state index is -1.50. The Bertz CT molecular complexity index is 865. The number of nitriles is 2. The highest BCUT2D eigenvalue weighted by Crippen LogP contribution is 2.78. The number of nitrogens with one attached hydrogen (secondary N) is 1. The molecule has 3 atom stereocenters. The van der Waals surface area contributed by atoms with Gasteiger partial charge in [-0.2, -0.15) is 10.5 Å². The van der Waals surface area contributed by atoms with Crippen molar-refractivity contribution in [1.82, 2.24) is 0 Å². The Morgan fingerprint density at radius 3 is 2.19 bits per heavy atom. The van der Waals surface area contributed by atoms with E-state index in [0.29, 0.717) is 11.5 Å². The second-order valence-electron chi connectivity index (χ2n) is 6.41. The van der Waals surface area contributed by atoms with Crippen LogP contribution in [-0.4, -0.2) is 39.2 Å². The summed E-state index contributed by atoms with van der Waals surface area (Å²) in [6.45, 7) is 4.15. The molecule has 142 valence electrons. The van der Waals surface area contributed by atoms with Gasteiger partial charge in [0.25, 0.3) is 5.84 Å². The summed E-state index contributed by atoms with van der Waals surface area (Å²) in [4.78, 5) is 2.95. The first kappa shape index (κ1) is 19.0. The Morgan fingerprint density at radius 1 is 1.07 bits per heavy atom. The lowest BCUT2D eigenvalue weighted by Gasteiger charge is -2.29. The van der Waals surface area contributed by atoms with E-state index in [4.69, 9.17) is 24.7 Å². The summed E-state index contributed by atoms with van der Waals surface area (Å²) in [5, 5.41) is 20.3. The van der Waals surface area contributed by atoms with Crippen molar-refractivity contribution in [2.45, 2.75) is 25.7 Å². The monoisotopic (exact) mass is 371 g/mol. The van der Waals surface area contributed by atoms with Gasteiger partial charge < -0.3 is 18.9 Å². The van der Waals surface area contributed by atoms with Gasteiger partial charge in [-0.15, -0.1) is 0 Å². The van der Waals surface area contributed by atoms with Crippen molar-refractivity contribution < 1.29 is 23.9 Å². The SMILES string of the molecule is CCOC1(OCC)[NH+]=C(N)[C@@]2(C#N)[C@@H](c3ccc(OC)c(OC)c3)[C@@]12C#N. The fraction of sp³-hybridized carbons (Fsp3) is 0.526. The molecule has 0 amide bonds. The summed E-state index contributed by atoms with van der Waals surface area (Å²) in [6, 6.07) is 9.87. The van der Waals surface area contributed by atoms with Gasteiger partial charge in [0.1, 0.15) is 0 Å². The highest BCUT2D eigenvalue weighted by atomic mass is 16.7. The van der Waals surface area contributed by atoms with E-state index in [1.54, 1.807) is 39.2 Å². The number of ether oxygens (including phenoxy) is 4. The normalized spacial score (nSPS) is 29.9. The van der Waals surface area contributed by atoms with E-state index in [2.05, 4.69) is 17.1 Å². The second-order valence-corrected chi connectivity index (χ2v) is 6.41. The highest BCUT2D eigenvalue weighted by Gasteiger charge is 2.97. The molecule has 1 fully saturated rings. The average Bonchev–Trinajstić information content (AvgIpc) is 3.26. The molecule has 0 spiro atoms. The van der Waals surface area contributed by atoms with Crippen LogP contribution in [0.4, 0.5) is 0 Å². The van der Waals surface area contributed by atoms with Crippen LogP contribution in [0.5, 0.6) is 11.5 Å². The molecule has 1 saturated carbocycles. The maximum Gasteiger partial charge on any atom is 0.343 e. The molecule has 1 aromatic carbocycles. The summed E-state index contributed by atoms with van der Waals surface area (Å²) in [5.41, 5.74) is 4.36. The third-order valence-electron chi connectivity index (χ3n) is 5.44. The summed E-state index contributed by atoms with van der Waals surface area (Å²) in [6.07, 6.45) is 0. The zero-order valence-corrected chi connectivity index (χ0v) is 15.8. The van der Waals surface area contributed by atoms with E-state index in [9.17, 15) is 10.5 Å². The van der Waals surface area contributed by atoms with Gasteiger partial charge in [-0.05, 0) is 31.5 Å². The zero-order valence-electron chi connectivity index (χ0n) is 15.8. The quantitative estimate of drug-likeness (QED) is 0.646. The summed E-state index contributed by atoms with van der Waals surface area (Å²) in [7, 11) is 3.07. The van der Waals surface area contributed by atoms with Gasteiger partial charge in [0.2, 0.25) is 0 Å². The van der Waals surface area contributed by atoms with E-state index in [-0.39, 0.29) is 19.0 Å². The molecule has 0 saturated heterocycles. The van der Waals surface area contributed by atoms with Crippen LogP contribution in [0, 0.1) is 33.5 Å². The van der Waals surface area contributed by atoms with Crippen LogP contribution >= 0.6 is 0 Å². The number of amidine groups is 1. The van der Waals surface area contributed by atoms with E-state index >= 15 is 0 Å². The van der Waals surface area contributed by atoms with Crippen LogP contribution in [0.25, 0.3) is 0 Å². The molecular weight excluding hydrogens is 348 g/mol. The molecule has 1 heterocycles. The van der Waals surface area contributed by atoms with E-state index in [1.165, 1.54) is 7.11 Å². The number of methoxy groups -OCH3 is 2. The smallest absolute Gasteiger partial charge is 0.343 e. The minimum Gasteiger partial charge on any atom is -0.493 e. The number of rotatable bonds is 7. The van der Waals surface area contributed by atoms with E-state index < -0.39 is 22.7 Å². The number of nitrogens with zero attached hydrogens (tertiary/aromatic N) is 2. The number of hydrogen-bond acceptors (Lipinski definition) is 7. The van der Waals surface area contributed by atoms with E-state index in [1.807, 2.05) is 0 Å². The zero-order chi connectivity index (χ0) is 19.9. The first-order chi connectivity index (χ1) is 13.0. The van der Waals surface area contributed by atoms with Gasteiger partial charge in [0.05, 0.1) is 39.6 Å². The lowest BCUT2D eigenvalue weighted by atomic mass is 9.93. The van der Waals surface area contributed by atoms with Gasteiger partial charge in [-0.25, -0.2) is 4.99 Å². The molecule has 1 aliphatic carbocycles. The first-order valence-corrected chi connectivity index (χ1v) is 8.71. The van der Waals surface area contributed by atoms with Crippen LogP contribution in [0.15, 0.2) is 18.2 Å². The number of nitrogens with two attached hydrogens (primary N) is 1. The first-order valence-electron chi connectivity index (χ1n) is 8.71. The van der Waals surface area contributed by atoms with Crippen molar-refractivity contribution in [3.05, 3.63) is 23.8 Å². The molecule has 1 aromatic rings. The number of benzene rings is 1. The largest absolute Gasteiger partial charge is 0.493 e. The molecule has 3 rings (SSSR count). The van der Waals surface area contributed by atoms with Crippen LogP contribution in [0.3, 0.4) is 0 Å². The van der Waals surface area contributed by atoms with Gasteiger partial charge >= 0.3 is 5.91 Å². The van der Waals surface area contributed by atoms with Crippen LogP contribution in [0.1, 0.15) is 25.3 Å². The average molecular weight is 371 g/mol. The van der Waals surface area contributed by atoms with Crippen molar-refractivity contribution >= 4 is 5.84 Å². The van der Waals surface area contributed by atoms with Crippen molar-refractivity contribution in [3.8, 4) is 23.6 Å². The van der Waals surface area contributed by atoms with Crippen molar-refractivity contribution in [1.29, 1.82) is 10.5 Å². The maximum atomic E-state index is 10.2. The Morgan fingerprint density at radius 2 is 1.70 bits per heavy atom. The molecule has 1 aliphatic heterocycles. The summed E-state index contributed by atoms with van der Waals surface area (Å²) < 4.78 is 22.4. The molecule has 8 nitrogen and oxygen atoms in total. The van der Waals surface area contributed by atoms with Crippen molar-refractivity contribution in [3.63, 3.8) is 0 Å². The molecule has 0 aromatic heterocycles. The predicted molar refractivity (Wildman–Crippen MR) is 94.5 cm³/mol. The Labute approximate surface area is 158 Å². The van der Waals surface area contributed by atoms with Crippen LogP contribution in [0.2, 0.25) is 0 Å². The van der Waals surface area contributed by atoms with Gasteiger partial charge in [-0.1, -0.05) is 6.07 Å². The summed E-state index contributed by atoms with van der Waals surface area (Å²) in [5.74, 6) is -0.804. The van der Waals surface area contributed by atoms with Gasteiger partial charge in [0.15, 0.2) is 22.3 Å². The molecule has 3 N–H and O–H groups in total. The topological polar surface area (TPSA) is 124 Å². The molecule has 0 bridgehead atoms. The van der Waals surface area contributed by atoms with Gasteiger partial charge in [-0.3, -0.25) is 5.73 Å². The molecule has 0 unspecified atom stereocenters. The number of fused-ring (bicyclic) bond motifs is 1. The molecule has 27 heavy (non-hydrogen) atoms. The Kier molecular flexibility index (Phi) is 4.51. The Balaban J connectivity index is 2.21. The minimum absolute atomic E-state index is 0.174. The molecule has 2 aliphatic rings. The third kappa shape index (κ3) is 2.05. The van der Waals surface area contributed by atoms with Crippen LogP contribution < -0.4 is 20.2 Å². The predicted octanol–water partition coefficient (Wildman–Crippen LogP) is -0.000840. The third-order valence-corrected chi connectivity index (χ3v) is 5.44. The molecule has 0 radical (unpaired) electrons. The molecule has 8 heteroatoms. The fourth-order valence-corrected chi connectivity index (χ4v) is 4.39.